The van der Waals surface area contributed by atoms with Gasteiger partial charge in [0.05, 0.1) is 12.7 Å². The van der Waals surface area contributed by atoms with Gasteiger partial charge in [0.25, 0.3) is 5.56 Å². The van der Waals surface area contributed by atoms with Crippen molar-refractivity contribution in [3.05, 3.63) is 32.6 Å². The van der Waals surface area contributed by atoms with Crippen LogP contribution in [0.4, 0.5) is 0 Å². The molecule has 9 nitrogen and oxygen atoms in total. The monoisotopic (exact) mass is 272 g/mol. The maximum Gasteiger partial charge on any atom is 0.342 e. The second kappa shape index (κ2) is 4.96. The average Bonchev–Trinajstić information content (AvgIpc) is 2.69. The smallest absolute Gasteiger partial charge is 0.342 e. The lowest BCUT2D eigenvalue weighted by atomic mass is 10.2. The Labute approximate surface area is 105 Å². The Morgan fingerprint density at radius 3 is 2.74 bits per heavy atom. The molecule has 4 N–H and O–H groups in total. The molecule has 3 atom stereocenters. The zero-order chi connectivity index (χ0) is 14.2. The number of nitrogens with zero attached hydrogens (tertiary/aromatic N) is 1. The van der Waals surface area contributed by atoms with E-state index in [9.17, 15) is 19.5 Å². The van der Waals surface area contributed by atoms with Crippen molar-refractivity contribution in [1.29, 1.82) is 0 Å². The maximum atomic E-state index is 11.6. The number of nitrogens with one attached hydrogen (secondary N) is 1. The van der Waals surface area contributed by atoms with E-state index in [4.69, 9.17) is 14.9 Å². The molecule has 1 saturated heterocycles. The van der Waals surface area contributed by atoms with E-state index in [1.165, 1.54) is 0 Å². The van der Waals surface area contributed by atoms with Crippen LogP contribution in [0.15, 0.2) is 15.8 Å². The summed E-state index contributed by atoms with van der Waals surface area (Å²) >= 11 is 0. The van der Waals surface area contributed by atoms with Crippen molar-refractivity contribution in [1.82, 2.24) is 9.55 Å². The summed E-state index contributed by atoms with van der Waals surface area (Å²) in [7, 11) is 0. The van der Waals surface area contributed by atoms with Gasteiger partial charge in [-0.1, -0.05) is 0 Å². The summed E-state index contributed by atoms with van der Waals surface area (Å²) in [6.07, 6.45) is -1.88. The molecule has 1 aromatic heterocycles. The largest absolute Gasteiger partial charge is 0.477 e. The van der Waals surface area contributed by atoms with Gasteiger partial charge in [-0.05, 0) is 0 Å². The van der Waals surface area contributed by atoms with E-state index in [0.717, 1.165) is 10.8 Å². The van der Waals surface area contributed by atoms with E-state index in [0.29, 0.717) is 0 Å². The molecular formula is C10H12N2O7. The lowest BCUT2D eigenvalue weighted by Crippen LogP contribution is -2.35. The van der Waals surface area contributed by atoms with Gasteiger partial charge >= 0.3 is 11.7 Å². The Morgan fingerprint density at radius 1 is 1.53 bits per heavy atom. The van der Waals surface area contributed by atoms with Crippen LogP contribution in [0.25, 0.3) is 0 Å². The SMILES string of the molecule is O=C(O)c1cn([C@H]2C[C@@H](O)C(CO)O2)c(=O)[nH]c1=O. The molecule has 0 bridgehead atoms. The molecule has 1 aliphatic rings. The number of carboxylic acids is 1. The molecular weight excluding hydrogens is 260 g/mol. The minimum Gasteiger partial charge on any atom is -0.477 e. The van der Waals surface area contributed by atoms with Crippen molar-refractivity contribution in [3.8, 4) is 0 Å². The van der Waals surface area contributed by atoms with Crippen LogP contribution in [0.5, 0.6) is 0 Å². The van der Waals surface area contributed by atoms with Gasteiger partial charge in [-0.2, -0.15) is 0 Å². The third-order valence-electron chi connectivity index (χ3n) is 2.89. The van der Waals surface area contributed by atoms with Crippen molar-refractivity contribution in [2.45, 2.75) is 24.9 Å². The first kappa shape index (κ1) is 13.5. The number of ether oxygens (including phenoxy) is 1. The molecule has 19 heavy (non-hydrogen) atoms. The highest BCUT2D eigenvalue weighted by Crippen LogP contribution is 2.27. The molecule has 0 aliphatic carbocycles. The minimum absolute atomic E-state index is 0.0102. The lowest BCUT2D eigenvalue weighted by Gasteiger charge is -2.14. The Hall–Kier alpha value is -1.97. The Balaban J connectivity index is 2.41. The van der Waals surface area contributed by atoms with E-state index < -0.39 is 47.8 Å². The predicted molar refractivity (Wildman–Crippen MR) is 59.9 cm³/mol. The van der Waals surface area contributed by atoms with Crippen LogP contribution < -0.4 is 11.2 Å². The summed E-state index contributed by atoms with van der Waals surface area (Å²) in [5, 5.41) is 27.3. The Bertz CT molecular complexity index is 605. The lowest BCUT2D eigenvalue weighted by molar-refractivity contribution is -0.0460. The second-order valence-corrected chi connectivity index (χ2v) is 4.13. The molecule has 9 heteroatoms. The van der Waals surface area contributed by atoms with Gasteiger partial charge in [0.15, 0.2) is 0 Å². The van der Waals surface area contributed by atoms with Crippen LogP contribution in [-0.4, -0.2) is 49.7 Å². The van der Waals surface area contributed by atoms with Crippen LogP contribution in [-0.2, 0) is 4.74 Å². The first-order chi connectivity index (χ1) is 8.93. The van der Waals surface area contributed by atoms with Crippen LogP contribution in [0.1, 0.15) is 23.0 Å². The summed E-state index contributed by atoms with van der Waals surface area (Å²) in [5.41, 5.74) is -2.46. The van der Waals surface area contributed by atoms with E-state index in [1.54, 1.807) is 0 Å². The molecule has 0 spiro atoms. The Morgan fingerprint density at radius 2 is 2.21 bits per heavy atom. The number of carbonyl (C=O) groups is 1. The number of carboxylic acid groups (broad SMARTS) is 1. The highest BCUT2D eigenvalue weighted by molar-refractivity contribution is 5.86. The van der Waals surface area contributed by atoms with Crippen LogP contribution in [0, 0.1) is 0 Å². The topological polar surface area (TPSA) is 142 Å². The first-order valence-corrected chi connectivity index (χ1v) is 5.47. The number of hydrogen-bond acceptors (Lipinski definition) is 6. The van der Waals surface area contributed by atoms with Gasteiger partial charge in [-0.25, -0.2) is 9.59 Å². The van der Waals surface area contributed by atoms with E-state index >= 15 is 0 Å². The number of aromatic nitrogens is 2. The van der Waals surface area contributed by atoms with Gasteiger partial charge in [0, 0.05) is 12.6 Å². The molecule has 2 rings (SSSR count). The van der Waals surface area contributed by atoms with Gasteiger partial charge in [0.1, 0.15) is 17.9 Å². The fourth-order valence-electron chi connectivity index (χ4n) is 1.90. The molecule has 1 aliphatic heterocycles. The van der Waals surface area contributed by atoms with E-state index in [-0.39, 0.29) is 6.42 Å². The number of aliphatic hydroxyl groups is 2. The summed E-state index contributed by atoms with van der Waals surface area (Å²) in [6, 6.07) is 0. The van der Waals surface area contributed by atoms with Crippen LogP contribution >= 0.6 is 0 Å². The first-order valence-electron chi connectivity index (χ1n) is 5.47. The van der Waals surface area contributed by atoms with Crippen molar-refractivity contribution in [2.24, 2.45) is 0 Å². The van der Waals surface area contributed by atoms with E-state index in [2.05, 4.69) is 0 Å². The van der Waals surface area contributed by atoms with Gasteiger partial charge in [-0.3, -0.25) is 14.3 Å². The highest BCUT2D eigenvalue weighted by atomic mass is 16.5. The fraction of sp³-hybridized carbons (Fsp3) is 0.500. The standard InChI is InChI=1S/C10H12N2O7/c13-3-6-5(14)1-7(19-6)12-2-4(9(16)17)8(15)11-10(12)18/h2,5-7,13-14H,1,3H2,(H,16,17)(H,11,15,18)/t5-,6?,7-/m1/s1. The molecule has 104 valence electrons. The Kier molecular flexibility index (Phi) is 3.51. The number of rotatable bonds is 3. The summed E-state index contributed by atoms with van der Waals surface area (Å²) in [4.78, 5) is 35.5. The molecule has 0 amide bonds. The molecule has 1 fully saturated rings. The highest BCUT2D eigenvalue weighted by Gasteiger charge is 2.35. The molecule has 1 aromatic rings. The van der Waals surface area contributed by atoms with Crippen LogP contribution in [0.2, 0.25) is 0 Å². The van der Waals surface area contributed by atoms with Gasteiger partial charge < -0.3 is 20.1 Å². The summed E-state index contributed by atoms with van der Waals surface area (Å²) < 4.78 is 6.09. The number of aromatic amines is 1. The molecule has 0 aromatic carbocycles. The fourth-order valence-corrected chi connectivity index (χ4v) is 1.90. The number of aromatic carboxylic acids is 1. The van der Waals surface area contributed by atoms with Crippen molar-refractivity contribution >= 4 is 5.97 Å². The van der Waals surface area contributed by atoms with Crippen molar-refractivity contribution in [2.75, 3.05) is 6.61 Å². The maximum absolute atomic E-state index is 11.6. The summed E-state index contributed by atoms with van der Waals surface area (Å²) in [6.45, 7) is -0.429. The normalized spacial score (nSPS) is 26.5. The average molecular weight is 272 g/mol. The number of hydrogen-bond donors (Lipinski definition) is 4. The number of aliphatic hydroxyl groups excluding tert-OH is 2. The van der Waals surface area contributed by atoms with Gasteiger partial charge in [0.2, 0.25) is 0 Å². The molecule has 0 saturated carbocycles. The quantitative estimate of drug-likeness (QED) is 0.492. The summed E-state index contributed by atoms with van der Waals surface area (Å²) in [5.74, 6) is -1.48. The predicted octanol–water partition coefficient (Wildman–Crippen LogP) is -2.12. The van der Waals surface area contributed by atoms with Crippen molar-refractivity contribution < 1.29 is 24.9 Å². The zero-order valence-electron chi connectivity index (χ0n) is 9.65. The molecule has 0 radical (unpaired) electrons. The van der Waals surface area contributed by atoms with Crippen LogP contribution in [0.3, 0.4) is 0 Å². The zero-order valence-corrected chi connectivity index (χ0v) is 9.65. The third kappa shape index (κ3) is 2.43. The number of H-pyrrole nitrogens is 1. The minimum atomic E-state index is -1.48. The third-order valence-corrected chi connectivity index (χ3v) is 2.89. The van der Waals surface area contributed by atoms with Gasteiger partial charge in [-0.15, -0.1) is 0 Å². The molecule has 2 heterocycles. The van der Waals surface area contributed by atoms with E-state index in [1.807, 2.05) is 4.98 Å². The van der Waals surface area contributed by atoms with Crippen molar-refractivity contribution in [3.63, 3.8) is 0 Å². The molecule has 1 unspecified atom stereocenters. The second-order valence-electron chi connectivity index (χ2n) is 4.13.